The van der Waals surface area contributed by atoms with Crippen molar-refractivity contribution in [1.82, 2.24) is 4.57 Å². The van der Waals surface area contributed by atoms with Crippen LogP contribution < -0.4 is 19.6 Å². The highest BCUT2D eigenvalue weighted by Crippen LogP contribution is 2.41. The Morgan fingerprint density at radius 3 is 2.42 bits per heavy atom. The molecule has 222 valence electrons. The smallest absolute Gasteiger partial charge is 0.318 e. The Bertz CT molecular complexity index is 2240. The van der Waals surface area contributed by atoms with E-state index in [1.165, 1.54) is 23.0 Å². The Morgan fingerprint density at radius 2 is 1.69 bits per heavy atom. The summed E-state index contributed by atoms with van der Waals surface area (Å²) in [4.78, 5) is 40.7. The number of aromatic nitrogens is 1. The Hall–Kier alpha value is -5.39. The Kier molecular flexibility index (Phi) is 7.11. The maximum Gasteiger partial charge on any atom is 0.318 e. The number of benzene rings is 4. The lowest BCUT2D eigenvalue weighted by atomic mass is 9.83. The van der Waals surface area contributed by atoms with Gasteiger partial charge in [0.25, 0.3) is 11.2 Å². The fraction of sp³-hybridized carbons (Fsp3) is 0.0909. The summed E-state index contributed by atoms with van der Waals surface area (Å²) in [5, 5.41) is 23.1. The number of hydrogen-bond acceptors (Lipinski definition) is 8. The van der Waals surface area contributed by atoms with Gasteiger partial charge in [0.05, 0.1) is 32.2 Å². The molecule has 1 aliphatic carbocycles. The van der Waals surface area contributed by atoms with Crippen LogP contribution in [0.1, 0.15) is 34.7 Å². The summed E-state index contributed by atoms with van der Waals surface area (Å²) in [6, 6.07) is 25.3. The van der Waals surface area contributed by atoms with Crippen molar-refractivity contribution in [2.45, 2.75) is 18.9 Å². The molecule has 0 radical (unpaired) electrons. The second kappa shape index (κ2) is 11.3. The van der Waals surface area contributed by atoms with E-state index in [0.29, 0.717) is 25.7 Å². The average molecular weight is 637 g/mol. The first kappa shape index (κ1) is 28.4. The maximum absolute atomic E-state index is 14.0. The molecule has 0 bridgehead atoms. The van der Waals surface area contributed by atoms with Gasteiger partial charge in [-0.1, -0.05) is 71.5 Å². The summed E-state index contributed by atoms with van der Waals surface area (Å²) in [6.45, 7) is 0. The molecule has 1 atom stereocenters. The van der Waals surface area contributed by atoms with Gasteiger partial charge in [0.15, 0.2) is 4.80 Å². The lowest BCUT2D eigenvalue weighted by Gasteiger charge is -2.30. The number of nitro benzene ring substituents is 2. The first-order chi connectivity index (χ1) is 21.8. The lowest BCUT2D eigenvalue weighted by molar-refractivity contribution is -0.394. The van der Waals surface area contributed by atoms with Crippen LogP contribution in [-0.2, 0) is 6.42 Å². The minimum absolute atomic E-state index is 0.126. The zero-order valence-electron chi connectivity index (χ0n) is 23.3. The third kappa shape index (κ3) is 5.22. The van der Waals surface area contributed by atoms with Crippen molar-refractivity contribution < 1.29 is 14.6 Å². The topological polar surface area (TPSA) is 130 Å². The minimum atomic E-state index is -0.732. The average Bonchev–Trinajstić information content (AvgIpc) is 3.35. The molecule has 0 spiro atoms. The molecule has 0 saturated carbocycles. The molecule has 4 aromatic carbocycles. The number of thiazole rings is 1. The van der Waals surface area contributed by atoms with Crippen molar-refractivity contribution in [3.05, 3.63) is 164 Å². The van der Waals surface area contributed by atoms with Crippen molar-refractivity contribution in [3.63, 3.8) is 0 Å². The standard InChI is InChI=1S/C33H21ClN4O6S/c34-22-10-7-21(8-11-22)31-26-15-9-20-3-1-2-4-25(20)30(26)35-33-36(31)32(39)29(45-33)17-19-5-13-24(14-6-19)44-28-16-12-23(37(40)41)18-27(28)38(42)43/h1-8,10-14,16-18,31H,9,15H2/b29-17+/t31-/m0/s1. The number of ether oxygens (including phenoxy) is 1. The number of nitro groups is 2. The zero-order chi connectivity index (χ0) is 31.2. The van der Waals surface area contributed by atoms with Crippen molar-refractivity contribution in [2.24, 2.45) is 4.99 Å². The first-order valence-electron chi connectivity index (χ1n) is 13.9. The molecule has 0 N–H and O–H groups in total. The second-order valence-electron chi connectivity index (χ2n) is 10.5. The van der Waals surface area contributed by atoms with Crippen LogP contribution in [0, 0.1) is 20.2 Å². The predicted molar refractivity (Wildman–Crippen MR) is 170 cm³/mol. The Labute approximate surface area is 263 Å². The molecule has 45 heavy (non-hydrogen) atoms. The van der Waals surface area contributed by atoms with Crippen LogP contribution in [0.5, 0.6) is 11.5 Å². The second-order valence-corrected chi connectivity index (χ2v) is 11.9. The van der Waals surface area contributed by atoms with E-state index in [2.05, 4.69) is 12.1 Å². The summed E-state index contributed by atoms with van der Waals surface area (Å²) >= 11 is 7.52. The van der Waals surface area contributed by atoms with E-state index in [1.54, 1.807) is 34.9 Å². The van der Waals surface area contributed by atoms with Gasteiger partial charge in [-0.25, -0.2) is 4.99 Å². The molecule has 1 aliphatic heterocycles. The predicted octanol–water partition coefficient (Wildman–Crippen LogP) is 6.58. The van der Waals surface area contributed by atoms with E-state index in [-0.39, 0.29) is 17.4 Å². The molecule has 2 aliphatic rings. The molecule has 0 fully saturated rings. The maximum atomic E-state index is 14.0. The van der Waals surface area contributed by atoms with Gasteiger partial charge in [0, 0.05) is 16.7 Å². The molecule has 0 amide bonds. The number of rotatable bonds is 6. The van der Waals surface area contributed by atoms with Crippen molar-refractivity contribution in [3.8, 4) is 11.5 Å². The quantitative estimate of drug-likeness (QED) is 0.153. The van der Waals surface area contributed by atoms with Gasteiger partial charge in [-0.2, -0.15) is 0 Å². The Morgan fingerprint density at radius 1 is 0.933 bits per heavy atom. The fourth-order valence-electron chi connectivity index (χ4n) is 5.73. The van der Waals surface area contributed by atoms with Crippen LogP contribution in [-0.4, -0.2) is 14.4 Å². The summed E-state index contributed by atoms with van der Waals surface area (Å²) in [5.41, 5.74) is 4.89. The largest absolute Gasteiger partial charge is 0.450 e. The normalized spacial score (nSPS) is 15.5. The summed E-state index contributed by atoms with van der Waals surface area (Å²) in [5.74, 6) is 0.166. The van der Waals surface area contributed by atoms with Gasteiger partial charge in [-0.3, -0.25) is 29.6 Å². The van der Waals surface area contributed by atoms with Crippen molar-refractivity contribution >= 4 is 46.1 Å². The SMILES string of the molecule is O=c1/c(=C\c2ccc(Oc3ccc([N+](=O)[O-])cc3[N+](=O)[O-])cc2)sc2n1[C@@H](c1ccc(Cl)cc1)C1=C(N=2)c2ccccc2CC1. The number of allylic oxidation sites excluding steroid dienone is 1. The summed E-state index contributed by atoms with van der Waals surface area (Å²) in [7, 11) is 0. The number of hydrogen-bond donors (Lipinski definition) is 0. The van der Waals surface area contributed by atoms with Crippen LogP contribution in [0.25, 0.3) is 11.8 Å². The molecule has 0 unspecified atom stereocenters. The van der Waals surface area contributed by atoms with Crippen molar-refractivity contribution in [1.29, 1.82) is 0 Å². The van der Waals surface area contributed by atoms with Crippen LogP contribution in [0.15, 0.2) is 106 Å². The molecular weight excluding hydrogens is 616 g/mol. The number of halogens is 1. The molecule has 2 heterocycles. The van der Waals surface area contributed by atoms with Crippen LogP contribution in [0.4, 0.5) is 11.4 Å². The van der Waals surface area contributed by atoms with E-state index in [0.717, 1.165) is 47.4 Å². The number of fused-ring (bicyclic) bond motifs is 3. The highest BCUT2D eigenvalue weighted by atomic mass is 35.5. The van der Waals surface area contributed by atoms with E-state index < -0.39 is 21.2 Å². The highest BCUT2D eigenvalue weighted by molar-refractivity contribution is 7.07. The minimum Gasteiger partial charge on any atom is -0.450 e. The molecule has 7 rings (SSSR count). The first-order valence-corrected chi connectivity index (χ1v) is 15.1. The fourth-order valence-corrected chi connectivity index (χ4v) is 6.85. The third-order valence-electron chi connectivity index (χ3n) is 7.81. The molecule has 1 aromatic heterocycles. The van der Waals surface area contributed by atoms with E-state index in [9.17, 15) is 25.0 Å². The molecule has 12 heteroatoms. The summed E-state index contributed by atoms with van der Waals surface area (Å²) in [6.07, 6.45) is 3.41. The molecule has 0 saturated heterocycles. The lowest BCUT2D eigenvalue weighted by Crippen LogP contribution is -2.38. The Balaban J connectivity index is 1.27. The zero-order valence-corrected chi connectivity index (χ0v) is 24.8. The van der Waals surface area contributed by atoms with Gasteiger partial charge in [-0.05, 0) is 71.5 Å². The van der Waals surface area contributed by atoms with E-state index in [1.807, 2.05) is 36.4 Å². The number of aryl methyl sites for hydroxylation is 1. The van der Waals surface area contributed by atoms with Gasteiger partial charge >= 0.3 is 5.69 Å². The highest BCUT2D eigenvalue weighted by Gasteiger charge is 2.32. The molecule has 5 aromatic rings. The van der Waals surface area contributed by atoms with E-state index >= 15 is 0 Å². The number of non-ortho nitro benzene ring substituents is 1. The molecular formula is C33H21ClN4O6S. The number of nitrogens with zero attached hydrogens (tertiary/aromatic N) is 4. The summed E-state index contributed by atoms with van der Waals surface area (Å²) < 4.78 is 7.95. The molecule has 10 nitrogen and oxygen atoms in total. The monoisotopic (exact) mass is 636 g/mol. The van der Waals surface area contributed by atoms with Gasteiger partial charge in [-0.15, -0.1) is 0 Å². The van der Waals surface area contributed by atoms with Crippen LogP contribution >= 0.6 is 22.9 Å². The van der Waals surface area contributed by atoms with Gasteiger partial charge < -0.3 is 4.74 Å². The van der Waals surface area contributed by atoms with E-state index in [4.69, 9.17) is 21.3 Å². The van der Waals surface area contributed by atoms with Gasteiger partial charge in [0.2, 0.25) is 5.75 Å². The third-order valence-corrected chi connectivity index (χ3v) is 9.05. The van der Waals surface area contributed by atoms with Gasteiger partial charge in [0.1, 0.15) is 5.75 Å². The van der Waals surface area contributed by atoms with Crippen molar-refractivity contribution in [2.75, 3.05) is 0 Å². The van der Waals surface area contributed by atoms with Crippen LogP contribution in [0.2, 0.25) is 5.02 Å². The van der Waals surface area contributed by atoms with Crippen LogP contribution in [0.3, 0.4) is 0 Å².